The quantitative estimate of drug-likeness (QED) is 0.139. The van der Waals surface area contributed by atoms with E-state index in [1.54, 1.807) is 79.7 Å². The average molecular weight is 637 g/mol. The van der Waals surface area contributed by atoms with Crippen LogP contribution in [0.4, 0.5) is 26.3 Å². The Morgan fingerprint density at radius 1 is 0.682 bits per heavy atom. The van der Waals surface area contributed by atoms with E-state index in [1.165, 1.54) is 36.4 Å². The highest BCUT2D eigenvalue weighted by Crippen LogP contribution is 2.72. The van der Waals surface area contributed by atoms with Gasteiger partial charge in [-0.15, -0.1) is 11.3 Å². The highest BCUT2D eigenvalue weighted by atomic mass is 32.1. The molecule has 7 rings (SSSR count). The maximum Gasteiger partial charge on any atom is 0.380 e. The summed E-state index contributed by atoms with van der Waals surface area (Å²) in [7, 11) is -4.04. The van der Waals surface area contributed by atoms with Gasteiger partial charge in [-0.1, -0.05) is 110 Å². The maximum absolute atomic E-state index is 16.4. The molecule has 0 radical (unpaired) electrons. The van der Waals surface area contributed by atoms with E-state index in [-0.39, 0.29) is 49.3 Å². The Bertz CT molecular complexity index is 2060. The van der Waals surface area contributed by atoms with Gasteiger partial charge in [0.25, 0.3) is 0 Å². The van der Waals surface area contributed by atoms with Crippen molar-refractivity contribution in [3.63, 3.8) is 0 Å². The van der Waals surface area contributed by atoms with Gasteiger partial charge in [-0.05, 0) is 23.6 Å². The van der Waals surface area contributed by atoms with Gasteiger partial charge in [0.05, 0.1) is 0 Å². The molecule has 0 bridgehead atoms. The van der Waals surface area contributed by atoms with Gasteiger partial charge >= 0.3 is 17.8 Å². The lowest BCUT2D eigenvalue weighted by Gasteiger charge is -2.26. The zero-order chi connectivity index (χ0) is 31.1. The fourth-order valence-electron chi connectivity index (χ4n) is 6.45. The molecule has 0 amide bonds. The molecule has 0 saturated heterocycles. The van der Waals surface area contributed by atoms with Crippen molar-refractivity contribution in [1.82, 2.24) is 0 Å². The summed E-state index contributed by atoms with van der Waals surface area (Å²) in [6, 6.07) is 28.4. The number of hydrogen-bond acceptors (Lipinski definition) is 2. The molecule has 1 atom stereocenters. The third kappa shape index (κ3) is 3.64. The zero-order valence-electron chi connectivity index (χ0n) is 23.1. The van der Waals surface area contributed by atoms with Crippen molar-refractivity contribution in [2.75, 3.05) is 0 Å². The van der Waals surface area contributed by atoms with Crippen LogP contribution in [-0.2, 0) is 11.0 Å². The fourth-order valence-corrected chi connectivity index (χ4v) is 10.9. The van der Waals surface area contributed by atoms with Gasteiger partial charge < -0.3 is 4.57 Å². The van der Waals surface area contributed by atoms with Gasteiger partial charge in [-0.25, -0.2) is 0 Å². The normalized spacial score (nSPS) is 21.7. The van der Waals surface area contributed by atoms with Crippen molar-refractivity contribution in [2.45, 2.75) is 31.1 Å². The number of allylic oxidation sites excluding steroid dienone is 3. The van der Waals surface area contributed by atoms with Crippen LogP contribution in [0, 0.1) is 0 Å². The molecule has 222 valence electrons. The Morgan fingerprint density at radius 2 is 1.25 bits per heavy atom. The summed E-state index contributed by atoms with van der Waals surface area (Å²) in [6.45, 7) is 1.67. The van der Waals surface area contributed by atoms with Gasteiger partial charge in [-0.2, -0.15) is 26.3 Å². The molecule has 0 saturated carbocycles. The molecule has 1 aliphatic heterocycles. The summed E-state index contributed by atoms with van der Waals surface area (Å²) < 4.78 is 113. The first-order valence-electron chi connectivity index (χ1n) is 13.9. The zero-order valence-corrected chi connectivity index (χ0v) is 24.8. The minimum absolute atomic E-state index is 0.0307. The Kier molecular flexibility index (Phi) is 6.44. The van der Waals surface area contributed by atoms with Crippen LogP contribution in [0.3, 0.4) is 0 Å². The molecular weight excluding hydrogens is 613 g/mol. The highest BCUT2D eigenvalue weighted by molar-refractivity contribution is 7.88. The monoisotopic (exact) mass is 636 g/mol. The van der Waals surface area contributed by atoms with E-state index < -0.39 is 41.6 Å². The van der Waals surface area contributed by atoms with Crippen LogP contribution >= 0.6 is 18.5 Å². The Labute approximate surface area is 253 Å². The second-order valence-corrected chi connectivity index (χ2v) is 14.6. The fraction of sp³-hybridized carbons (Fsp3) is 0.143. The number of fused-ring (bicyclic) bond motifs is 2. The lowest BCUT2D eigenvalue weighted by molar-refractivity contribution is -0.258. The summed E-state index contributed by atoms with van der Waals surface area (Å²) >= 11 is 1.11. The summed E-state index contributed by atoms with van der Waals surface area (Å²) in [5.41, 5.74) is -3.56. The predicted octanol–water partition coefficient (Wildman–Crippen LogP) is 10.0. The van der Waals surface area contributed by atoms with Crippen molar-refractivity contribution in [3.8, 4) is 0 Å². The third-order valence-electron chi connectivity index (χ3n) is 8.39. The molecule has 1 aromatic heterocycles. The van der Waals surface area contributed by atoms with E-state index in [0.29, 0.717) is 4.70 Å². The van der Waals surface area contributed by atoms with Gasteiger partial charge in [0.1, 0.15) is 0 Å². The minimum atomic E-state index is -5.76. The summed E-state index contributed by atoms with van der Waals surface area (Å²) in [6.07, 6.45) is 0.155. The van der Waals surface area contributed by atoms with Crippen LogP contribution in [0.2, 0.25) is 0 Å². The van der Waals surface area contributed by atoms with Crippen molar-refractivity contribution < 1.29 is 30.9 Å². The topological polar surface area (TPSA) is 17.1 Å². The van der Waals surface area contributed by atoms with E-state index in [0.717, 1.165) is 11.3 Å². The molecule has 9 heteroatoms. The SMILES string of the molecule is CCc1sc2ccccc2c1C1=C(C2=C(c3ccccc3)P(=O)(c3ccccc3)c3ccccc32)C(F)(F)C(F)(F)C1(F)F. The maximum atomic E-state index is 16.4. The molecule has 0 fully saturated rings. The summed E-state index contributed by atoms with van der Waals surface area (Å²) in [4.78, 5) is 0.284. The van der Waals surface area contributed by atoms with Crippen LogP contribution in [0.25, 0.3) is 26.5 Å². The Hall–Kier alpha value is -3.87. The second kappa shape index (κ2) is 9.82. The van der Waals surface area contributed by atoms with Crippen LogP contribution in [0.1, 0.15) is 28.5 Å². The predicted molar refractivity (Wildman–Crippen MR) is 166 cm³/mol. The van der Waals surface area contributed by atoms with Crippen molar-refractivity contribution in [2.24, 2.45) is 0 Å². The van der Waals surface area contributed by atoms with E-state index in [9.17, 15) is 0 Å². The molecule has 2 heterocycles. The molecule has 1 unspecified atom stereocenters. The number of hydrogen-bond donors (Lipinski definition) is 0. The van der Waals surface area contributed by atoms with Gasteiger partial charge in [-0.3, -0.25) is 0 Å². The van der Waals surface area contributed by atoms with Gasteiger partial charge in [0.2, 0.25) is 0 Å². The number of benzene rings is 4. The summed E-state index contributed by atoms with van der Waals surface area (Å²) in [5, 5.41) is 0.434. The number of aryl methyl sites for hydroxylation is 1. The van der Waals surface area contributed by atoms with E-state index in [1.807, 2.05) is 0 Å². The smallest absolute Gasteiger partial charge is 0.309 e. The first-order chi connectivity index (χ1) is 21.0. The number of rotatable bonds is 5. The van der Waals surface area contributed by atoms with Gasteiger partial charge in [0, 0.05) is 53.2 Å². The van der Waals surface area contributed by atoms with Crippen molar-refractivity contribution in [1.29, 1.82) is 0 Å². The van der Waals surface area contributed by atoms with Crippen molar-refractivity contribution in [3.05, 3.63) is 136 Å². The first-order valence-corrected chi connectivity index (χ1v) is 16.5. The van der Waals surface area contributed by atoms with Crippen molar-refractivity contribution >= 4 is 55.6 Å². The molecule has 1 aliphatic carbocycles. The van der Waals surface area contributed by atoms with Crippen LogP contribution in [0.5, 0.6) is 0 Å². The molecule has 1 nitrogen and oxygen atoms in total. The minimum Gasteiger partial charge on any atom is -0.309 e. The highest BCUT2D eigenvalue weighted by Gasteiger charge is 2.81. The number of alkyl halides is 6. The van der Waals surface area contributed by atoms with Crippen LogP contribution < -0.4 is 10.6 Å². The van der Waals surface area contributed by atoms with E-state index in [4.69, 9.17) is 0 Å². The van der Waals surface area contributed by atoms with E-state index in [2.05, 4.69) is 0 Å². The number of halogens is 6. The first kappa shape index (κ1) is 28.9. The van der Waals surface area contributed by atoms with E-state index >= 15 is 30.9 Å². The molecule has 5 aromatic rings. The van der Waals surface area contributed by atoms with Crippen LogP contribution in [-0.4, -0.2) is 17.8 Å². The Morgan fingerprint density at radius 3 is 1.93 bits per heavy atom. The van der Waals surface area contributed by atoms with Gasteiger partial charge in [0.15, 0.2) is 7.14 Å². The summed E-state index contributed by atoms with van der Waals surface area (Å²) in [5.74, 6) is -16.3. The second-order valence-electron chi connectivity index (χ2n) is 10.8. The van der Waals surface area contributed by atoms with Crippen LogP contribution in [0.15, 0.2) is 115 Å². The lowest BCUT2D eigenvalue weighted by Crippen LogP contribution is -2.49. The standard InChI is InChI=1S/C35H23F6OPS/c1-2-26-28(24-18-10-12-20-27(24)44-26)30-31(34(38,39)35(40,41)33(30,36)37)29-23-17-9-11-19-25(23)43(42,22-15-7-4-8-16-22)32(29)21-13-5-3-6-14-21/h3-20H,2H2,1H3. The molecule has 2 aliphatic rings. The molecule has 44 heavy (non-hydrogen) atoms. The molecular formula is C35H23F6OPS. The molecule has 0 spiro atoms. The largest absolute Gasteiger partial charge is 0.380 e. The average Bonchev–Trinajstić information content (AvgIpc) is 3.56. The third-order valence-corrected chi connectivity index (χ3v) is 12.9. The molecule has 4 aromatic carbocycles. The molecule has 0 N–H and O–H groups in total. The lowest BCUT2D eigenvalue weighted by atomic mass is 9.88. The Balaban J connectivity index is 1.74. The number of thiophene rings is 1.